The standard InChI is InChI=1S/C17H19BrO3/c1-3-21-17(20)12-10-15(19)9-11-16(13(2)18)14-7-5-4-6-8-14/h4-9,11H,3,10,12H2,1-2H3/b11-9+,16-13-. The van der Waals surface area contributed by atoms with Gasteiger partial charge in [0.1, 0.15) is 0 Å². The fraction of sp³-hybridized carbons (Fsp3) is 0.294. The second-order valence-corrected chi connectivity index (χ2v) is 5.61. The zero-order valence-electron chi connectivity index (χ0n) is 12.3. The molecule has 0 aliphatic carbocycles. The van der Waals surface area contributed by atoms with Crippen molar-refractivity contribution >= 4 is 33.3 Å². The van der Waals surface area contributed by atoms with E-state index >= 15 is 0 Å². The van der Waals surface area contributed by atoms with E-state index in [1.165, 1.54) is 6.08 Å². The van der Waals surface area contributed by atoms with Gasteiger partial charge < -0.3 is 4.74 Å². The molecule has 0 saturated carbocycles. The number of halogens is 1. The third-order valence-corrected chi connectivity index (χ3v) is 3.20. The Labute approximate surface area is 133 Å². The second-order valence-electron chi connectivity index (χ2n) is 4.42. The van der Waals surface area contributed by atoms with Gasteiger partial charge in [0.25, 0.3) is 0 Å². The number of carbonyl (C=O) groups is 2. The topological polar surface area (TPSA) is 43.4 Å². The Morgan fingerprint density at radius 3 is 2.38 bits per heavy atom. The fourth-order valence-electron chi connectivity index (χ4n) is 1.75. The van der Waals surface area contributed by atoms with E-state index in [1.54, 1.807) is 13.0 Å². The summed E-state index contributed by atoms with van der Waals surface area (Å²) < 4.78 is 5.74. The van der Waals surface area contributed by atoms with Crippen LogP contribution in [0.5, 0.6) is 0 Å². The Kier molecular flexibility index (Phi) is 7.69. The lowest BCUT2D eigenvalue weighted by Gasteiger charge is -2.04. The zero-order valence-corrected chi connectivity index (χ0v) is 13.9. The Bertz CT molecular complexity index is 540. The summed E-state index contributed by atoms with van der Waals surface area (Å²) in [5, 5.41) is 0. The number of carbonyl (C=O) groups excluding carboxylic acids is 2. The number of rotatable bonds is 7. The summed E-state index contributed by atoms with van der Waals surface area (Å²) in [5.41, 5.74) is 1.97. The van der Waals surface area contributed by atoms with Crippen LogP contribution in [-0.2, 0) is 14.3 Å². The highest BCUT2D eigenvalue weighted by molar-refractivity contribution is 9.11. The normalized spacial score (nSPS) is 12.1. The van der Waals surface area contributed by atoms with Crippen molar-refractivity contribution in [2.75, 3.05) is 6.61 Å². The van der Waals surface area contributed by atoms with Crippen LogP contribution >= 0.6 is 15.9 Å². The maximum Gasteiger partial charge on any atom is 0.306 e. The molecule has 0 aliphatic rings. The molecule has 1 aromatic carbocycles. The molecule has 0 fully saturated rings. The van der Waals surface area contributed by atoms with Gasteiger partial charge in [-0.15, -0.1) is 0 Å². The first-order valence-corrected chi connectivity index (χ1v) is 7.62. The van der Waals surface area contributed by atoms with Gasteiger partial charge in [-0.25, -0.2) is 0 Å². The fourth-order valence-corrected chi connectivity index (χ4v) is 2.11. The van der Waals surface area contributed by atoms with Gasteiger partial charge in [-0.05, 0) is 35.5 Å². The Morgan fingerprint density at radius 2 is 1.81 bits per heavy atom. The van der Waals surface area contributed by atoms with E-state index in [-0.39, 0.29) is 24.6 Å². The Hall–Kier alpha value is -1.68. The quantitative estimate of drug-likeness (QED) is 0.418. The highest BCUT2D eigenvalue weighted by atomic mass is 79.9. The van der Waals surface area contributed by atoms with Crippen LogP contribution in [0.4, 0.5) is 0 Å². The highest BCUT2D eigenvalue weighted by Crippen LogP contribution is 2.23. The molecule has 0 aromatic heterocycles. The molecule has 0 spiro atoms. The average molecular weight is 351 g/mol. The molecule has 1 aromatic rings. The van der Waals surface area contributed by atoms with E-state index in [0.717, 1.165) is 15.6 Å². The summed E-state index contributed by atoms with van der Waals surface area (Å²) in [4.78, 5) is 23.0. The number of hydrogen-bond acceptors (Lipinski definition) is 3. The number of ketones is 1. The molecule has 0 N–H and O–H groups in total. The molecule has 0 amide bonds. The Balaban J connectivity index is 2.67. The minimum Gasteiger partial charge on any atom is -0.466 e. The molecule has 0 atom stereocenters. The van der Waals surface area contributed by atoms with Crippen molar-refractivity contribution in [1.29, 1.82) is 0 Å². The molecular weight excluding hydrogens is 332 g/mol. The summed E-state index contributed by atoms with van der Waals surface area (Å²) in [6.45, 7) is 4.01. The van der Waals surface area contributed by atoms with Crippen molar-refractivity contribution < 1.29 is 14.3 Å². The SMILES string of the molecule is CCOC(=O)CCC(=O)/C=C/C(=C(\C)Br)c1ccccc1. The van der Waals surface area contributed by atoms with Crippen molar-refractivity contribution in [2.24, 2.45) is 0 Å². The van der Waals surface area contributed by atoms with Crippen LogP contribution in [0.2, 0.25) is 0 Å². The van der Waals surface area contributed by atoms with Crippen molar-refractivity contribution in [3.8, 4) is 0 Å². The molecule has 0 aliphatic heterocycles. The Morgan fingerprint density at radius 1 is 1.14 bits per heavy atom. The number of benzene rings is 1. The second kappa shape index (κ2) is 9.29. The van der Waals surface area contributed by atoms with Crippen LogP contribution in [0.25, 0.3) is 5.57 Å². The van der Waals surface area contributed by atoms with Crippen LogP contribution in [-0.4, -0.2) is 18.4 Å². The van der Waals surface area contributed by atoms with E-state index in [9.17, 15) is 9.59 Å². The van der Waals surface area contributed by atoms with Gasteiger partial charge in [0.15, 0.2) is 5.78 Å². The molecule has 0 radical (unpaired) electrons. The molecule has 0 bridgehead atoms. The van der Waals surface area contributed by atoms with E-state index in [0.29, 0.717) is 6.61 Å². The monoisotopic (exact) mass is 350 g/mol. The number of ether oxygens (including phenoxy) is 1. The van der Waals surface area contributed by atoms with Gasteiger partial charge in [-0.1, -0.05) is 52.3 Å². The van der Waals surface area contributed by atoms with E-state index in [2.05, 4.69) is 15.9 Å². The summed E-state index contributed by atoms with van der Waals surface area (Å²) in [5.74, 6) is -0.431. The number of hydrogen-bond donors (Lipinski definition) is 0. The first-order valence-electron chi connectivity index (χ1n) is 6.83. The van der Waals surface area contributed by atoms with Crippen LogP contribution in [0, 0.1) is 0 Å². The molecule has 3 nitrogen and oxygen atoms in total. The summed E-state index contributed by atoms with van der Waals surface area (Å²) in [6.07, 6.45) is 3.56. The van der Waals surface area contributed by atoms with Crippen molar-refractivity contribution in [2.45, 2.75) is 26.7 Å². The van der Waals surface area contributed by atoms with Crippen LogP contribution < -0.4 is 0 Å². The molecule has 0 unspecified atom stereocenters. The molecular formula is C17H19BrO3. The van der Waals surface area contributed by atoms with Gasteiger partial charge >= 0.3 is 5.97 Å². The molecule has 0 saturated heterocycles. The van der Waals surface area contributed by atoms with E-state index < -0.39 is 0 Å². The van der Waals surface area contributed by atoms with Crippen LogP contribution in [0.3, 0.4) is 0 Å². The van der Waals surface area contributed by atoms with Crippen molar-refractivity contribution in [1.82, 2.24) is 0 Å². The maximum absolute atomic E-state index is 11.8. The zero-order chi connectivity index (χ0) is 15.7. The molecule has 1 rings (SSSR count). The maximum atomic E-state index is 11.8. The minimum atomic E-state index is -0.338. The third-order valence-electron chi connectivity index (χ3n) is 2.77. The van der Waals surface area contributed by atoms with Gasteiger partial charge in [0, 0.05) is 6.42 Å². The van der Waals surface area contributed by atoms with E-state index in [1.807, 2.05) is 37.3 Å². The predicted molar refractivity (Wildman–Crippen MR) is 88.0 cm³/mol. The average Bonchev–Trinajstić information content (AvgIpc) is 2.46. The molecule has 21 heavy (non-hydrogen) atoms. The van der Waals surface area contributed by atoms with Crippen molar-refractivity contribution in [3.63, 3.8) is 0 Å². The lowest BCUT2D eigenvalue weighted by molar-refractivity contribution is -0.144. The number of esters is 1. The van der Waals surface area contributed by atoms with Crippen molar-refractivity contribution in [3.05, 3.63) is 52.5 Å². The number of allylic oxidation sites excluding steroid dienone is 4. The van der Waals surface area contributed by atoms with E-state index in [4.69, 9.17) is 4.74 Å². The van der Waals surface area contributed by atoms with Crippen LogP contribution in [0.15, 0.2) is 47.0 Å². The summed E-state index contributed by atoms with van der Waals surface area (Å²) in [7, 11) is 0. The lowest BCUT2D eigenvalue weighted by atomic mass is 10.0. The minimum absolute atomic E-state index is 0.0924. The predicted octanol–water partition coefficient (Wildman–Crippen LogP) is 4.28. The van der Waals surface area contributed by atoms with Gasteiger partial charge in [-0.3, -0.25) is 9.59 Å². The first-order chi connectivity index (χ1) is 10.0. The summed E-state index contributed by atoms with van der Waals surface area (Å²) >= 11 is 3.45. The smallest absolute Gasteiger partial charge is 0.306 e. The molecule has 0 heterocycles. The lowest BCUT2D eigenvalue weighted by Crippen LogP contribution is -2.06. The molecule has 112 valence electrons. The highest BCUT2D eigenvalue weighted by Gasteiger charge is 2.06. The summed E-state index contributed by atoms with van der Waals surface area (Å²) in [6, 6.07) is 9.79. The van der Waals surface area contributed by atoms with Gasteiger partial charge in [0.2, 0.25) is 0 Å². The first kappa shape index (κ1) is 17.4. The third kappa shape index (κ3) is 6.54. The largest absolute Gasteiger partial charge is 0.466 e. The molecule has 4 heteroatoms. The van der Waals surface area contributed by atoms with Gasteiger partial charge in [0.05, 0.1) is 13.0 Å². The van der Waals surface area contributed by atoms with Crippen LogP contribution in [0.1, 0.15) is 32.3 Å². The van der Waals surface area contributed by atoms with Gasteiger partial charge in [-0.2, -0.15) is 0 Å².